The highest BCUT2D eigenvalue weighted by Gasteiger charge is 2.24. The number of hydrogen-bond donors (Lipinski definition) is 1. The molecule has 152 valence electrons. The molecular weight excluding hydrogens is 416 g/mol. The van der Waals surface area contributed by atoms with Gasteiger partial charge in [0, 0.05) is 24.3 Å². The number of nitrogens with zero attached hydrogens (tertiary/aromatic N) is 3. The Labute approximate surface area is 173 Å². The molecule has 10 heteroatoms. The molecule has 29 heavy (non-hydrogen) atoms. The minimum absolute atomic E-state index is 0.00959. The molecule has 0 aliphatic carbocycles. The lowest BCUT2D eigenvalue weighted by molar-refractivity contribution is 0.102. The van der Waals surface area contributed by atoms with E-state index in [9.17, 15) is 13.2 Å². The first kappa shape index (κ1) is 21.0. The smallest absolute Gasteiger partial charge is 0.257 e. The van der Waals surface area contributed by atoms with E-state index < -0.39 is 15.9 Å². The number of halogens is 1. The van der Waals surface area contributed by atoms with Gasteiger partial charge in [0.05, 0.1) is 15.5 Å². The lowest BCUT2D eigenvalue weighted by Gasteiger charge is -2.19. The quantitative estimate of drug-likeness (QED) is 0.608. The van der Waals surface area contributed by atoms with Gasteiger partial charge in [-0.1, -0.05) is 31.5 Å². The Balaban J connectivity index is 1.89. The van der Waals surface area contributed by atoms with Crippen molar-refractivity contribution >= 4 is 33.2 Å². The number of rotatable bonds is 7. The summed E-state index contributed by atoms with van der Waals surface area (Å²) in [5.74, 6) is -0.222. The van der Waals surface area contributed by atoms with Crippen LogP contribution in [0.1, 0.15) is 24.2 Å². The molecule has 1 aromatic heterocycles. The fourth-order valence-electron chi connectivity index (χ4n) is 2.78. The Kier molecular flexibility index (Phi) is 6.31. The van der Waals surface area contributed by atoms with E-state index in [0.29, 0.717) is 30.2 Å². The number of carbonyl (C=O) groups is 1. The largest absolute Gasteiger partial charge is 0.423 e. The van der Waals surface area contributed by atoms with Gasteiger partial charge in [-0.05, 0) is 36.4 Å². The zero-order chi connectivity index (χ0) is 21.0. The SMILES string of the molecule is CCN(CC)S(=O)(=O)c1ccc(Cl)c(C(=O)Nc2cccc(-c3nnco3)c2)c1. The van der Waals surface area contributed by atoms with Crippen LogP contribution in [0, 0.1) is 0 Å². The van der Waals surface area contributed by atoms with Crippen LogP contribution in [0.5, 0.6) is 0 Å². The summed E-state index contributed by atoms with van der Waals surface area (Å²) in [6.45, 7) is 4.15. The maximum Gasteiger partial charge on any atom is 0.257 e. The normalized spacial score (nSPS) is 11.6. The van der Waals surface area contributed by atoms with Gasteiger partial charge in [-0.15, -0.1) is 10.2 Å². The second-order valence-corrected chi connectivity index (χ2v) is 8.35. The van der Waals surface area contributed by atoms with Gasteiger partial charge in [-0.2, -0.15) is 4.31 Å². The molecule has 0 atom stereocenters. The molecule has 0 spiro atoms. The van der Waals surface area contributed by atoms with Crippen molar-refractivity contribution in [1.29, 1.82) is 0 Å². The van der Waals surface area contributed by atoms with E-state index in [-0.39, 0.29) is 15.5 Å². The van der Waals surface area contributed by atoms with Crippen molar-refractivity contribution in [1.82, 2.24) is 14.5 Å². The Morgan fingerprint density at radius 2 is 1.93 bits per heavy atom. The first-order valence-electron chi connectivity index (χ1n) is 8.84. The number of benzene rings is 2. The van der Waals surface area contributed by atoms with Gasteiger partial charge in [-0.3, -0.25) is 4.79 Å². The summed E-state index contributed by atoms with van der Waals surface area (Å²) in [6, 6.07) is 10.9. The van der Waals surface area contributed by atoms with Crippen molar-refractivity contribution in [2.45, 2.75) is 18.7 Å². The Bertz CT molecular complexity index is 1110. The number of amides is 1. The van der Waals surface area contributed by atoms with Gasteiger partial charge in [0.2, 0.25) is 22.3 Å². The third-order valence-electron chi connectivity index (χ3n) is 4.25. The molecule has 0 aliphatic heterocycles. The van der Waals surface area contributed by atoms with E-state index >= 15 is 0 Å². The second-order valence-electron chi connectivity index (χ2n) is 6.01. The standard InChI is InChI=1S/C19H19ClN4O4S/c1-3-24(4-2)29(26,27)15-8-9-17(20)16(11-15)18(25)22-14-7-5-6-13(10-14)19-23-21-12-28-19/h5-12H,3-4H2,1-2H3,(H,22,25). The van der Waals surface area contributed by atoms with Gasteiger partial charge >= 0.3 is 0 Å². The molecule has 0 radical (unpaired) electrons. The molecule has 8 nitrogen and oxygen atoms in total. The number of hydrogen-bond acceptors (Lipinski definition) is 6. The zero-order valence-corrected chi connectivity index (χ0v) is 17.4. The fraction of sp³-hybridized carbons (Fsp3) is 0.211. The van der Waals surface area contributed by atoms with Crippen LogP contribution in [-0.4, -0.2) is 41.9 Å². The molecule has 0 unspecified atom stereocenters. The number of anilines is 1. The highest BCUT2D eigenvalue weighted by molar-refractivity contribution is 7.89. The van der Waals surface area contributed by atoms with E-state index in [1.165, 1.54) is 28.9 Å². The van der Waals surface area contributed by atoms with Crippen molar-refractivity contribution in [2.24, 2.45) is 0 Å². The number of nitrogens with one attached hydrogen (secondary N) is 1. The van der Waals surface area contributed by atoms with Crippen LogP contribution in [-0.2, 0) is 10.0 Å². The van der Waals surface area contributed by atoms with Crippen LogP contribution >= 0.6 is 11.6 Å². The topological polar surface area (TPSA) is 105 Å². The third-order valence-corrected chi connectivity index (χ3v) is 6.63. The molecule has 3 rings (SSSR count). The average molecular weight is 435 g/mol. The van der Waals surface area contributed by atoms with Crippen molar-refractivity contribution < 1.29 is 17.6 Å². The molecule has 0 bridgehead atoms. The minimum atomic E-state index is -3.72. The van der Waals surface area contributed by atoms with Gasteiger partial charge in [0.1, 0.15) is 0 Å². The predicted molar refractivity (Wildman–Crippen MR) is 109 cm³/mol. The van der Waals surface area contributed by atoms with E-state index in [1.54, 1.807) is 38.1 Å². The predicted octanol–water partition coefficient (Wildman–Crippen LogP) is 3.67. The van der Waals surface area contributed by atoms with Crippen molar-refractivity contribution in [3.8, 4) is 11.5 Å². The summed E-state index contributed by atoms with van der Waals surface area (Å²) in [7, 11) is -3.72. The highest BCUT2D eigenvalue weighted by Crippen LogP contribution is 2.25. The van der Waals surface area contributed by atoms with E-state index in [4.69, 9.17) is 16.0 Å². The second kappa shape index (κ2) is 8.73. The molecule has 1 N–H and O–H groups in total. The Hall–Kier alpha value is -2.75. The van der Waals surface area contributed by atoms with Crippen LogP contribution in [0.3, 0.4) is 0 Å². The summed E-state index contributed by atoms with van der Waals surface area (Å²) in [5.41, 5.74) is 1.16. The average Bonchev–Trinajstić information content (AvgIpc) is 3.24. The van der Waals surface area contributed by atoms with Crippen molar-refractivity contribution in [3.05, 3.63) is 59.4 Å². The van der Waals surface area contributed by atoms with Gasteiger partial charge in [-0.25, -0.2) is 8.42 Å². The van der Waals surface area contributed by atoms with Gasteiger partial charge < -0.3 is 9.73 Å². The fourth-order valence-corrected chi connectivity index (χ4v) is 4.47. The maximum absolute atomic E-state index is 12.8. The zero-order valence-electron chi connectivity index (χ0n) is 15.8. The van der Waals surface area contributed by atoms with Crippen LogP contribution in [0.2, 0.25) is 5.02 Å². The summed E-state index contributed by atoms with van der Waals surface area (Å²) < 4.78 is 31.9. The summed E-state index contributed by atoms with van der Waals surface area (Å²) in [5, 5.41) is 10.3. The monoisotopic (exact) mass is 434 g/mol. The van der Waals surface area contributed by atoms with Crippen LogP contribution < -0.4 is 5.32 Å². The molecule has 3 aromatic rings. The minimum Gasteiger partial charge on any atom is -0.423 e. The van der Waals surface area contributed by atoms with Gasteiger partial charge in [0.25, 0.3) is 5.91 Å². The van der Waals surface area contributed by atoms with Crippen LogP contribution in [0.4, 0.5) is 5.69 Å². The maximum atomic E-state index is 12.8. The van der Waals surface area contributed by atoms with Crippen LogP contribution in [0.25, 0.3) is 11.5 Å². The van der Waals surface area contributed by atoms with Gasteiger partial charge in [0.15, 0.2) is 0 Å². The Morgan fingerprint density at radius 3 is 2.59 bits per heavy atom. The summed E-state index contributed by atoms with van der Waals surface area (Å²) in [6.07, 6.45) is 1.21. The summed E-state index contributed by atoms with van der Waals surface area (Å²) in [4.78, 5) is 12.8. The molecule has 1 heterocycles. The molecule has 2 aromatic carbocycles. The highest BCUT2D eigenvalue weighted by atomic mass is 35.5. The molecular formula is C19H19ClN4O4S. The van der Waals surface area contributed by atoms with Crippen molar-refractivity contribution in [2.75, 3.05) is 18.4 Å². The number of carbonyl (C=O) groups excluding carboxylic acids is 1. The number of sulfonamides is 1. The number of aromatic nitrogens is 2. The lowest BCUT2D eigenvalue weighted by atomic mass is 10.1. The Morgan fingerprint density at radius 1 is 1.17 bits per heavy atom. The molecule has 0 saturated heterocycles. The molecule has 0 fully saturated rings. The molecule has 1 amide bonds. The van der Waals surface area contributed by atoms with Crippen LogP contribution in [0.15, 0.2) is 58.2 Å². The van der Waals surface area contributed by atoms with E-state index in [1.807, 2.05) is 0 Å². The first-order chi connectivity index (χ1) is 13.9. The lowest BCUT2D eigenvalue weighted by Crippen LogP contribution is -2.30. The summed E-state index contributed by atoms with van der Waals surface area (Å²) >= 11 is 6.16. The molecule has 0 saturated carbocycles. The third kappa shape index (κ3) is 4.47. The first-order valence-corrected chi connectivity index (χ1v) is 10.7. The van der Waals surface area contributed by atoms with Crippen molar-refractivity contribution in [3.63, 3.8) is 0 Å². The van der Waals surface area contributed by atoms with E-state index in [0.717, 1.165) is 0 Å². The molecule has 0 aliphatic rings. The van der Waals surface area contributed by atoms with E-state index in [2.05, 4.69) is 15.5 Å².